The predicted octanol–water partition coefficient (Wildman–Crippen LogP) is 1.88. The van der Waals surface area contributed by atoms with Crippen LogP contribution in [-0.4, -0.2) is 25.0 Å². The average molecular weight is 277 g/mol. The standard InChI is InChI=1S/C15H23N3O2/c1-5-13(12-8-6-10(2)7-9-12)17-11(3)14(19)18-15(20)16-4/h6-9,11,13,17H,5H2,1-4H3,(H2,16,18,19,20). The van der Waals surface area contributed by atoms with Gasteiger partial charge in [0.1, 0.15) is 0 Å². The van der Waals surface area contributed by atoms with Crippen LogP contribution in [0.4, 0.5) is 4.79 Å². The van der Waals surface area contributed by atoms with Crippen molar-refractivity contribution in [2.24, 2.45) is 0 Å². The lowest BCUT2D eigenvalue weighted by Crippen LogP contribution is -2.48. The Balaban J connectivity index is 2.66. The van der Waals surface area contributed by atoms with Crippen LogP contribution in [0.15, 0.2) is 24.3 Å². The first-order chi connectivity index (χ1) is 9.47. The maximum Gasteiger partial charge on any atom is 0.321 e. The second-order valence-electron chi connectivity index (χ2n) is 4.83. The number of hydrogen-bond acceptors (Lipinski definition) is 3. The molecule has 0 aliphatic heterocycles. The van der Waals surface area contributed by atoms with Gasteiger partial charge in [-0.15, -0.1) is 0 Å². The summed E-state index contributed by atoms with van der Waals surface area (Å²) in [6.07, 6.45) is 0.862. The zero-order chi connectivity index (χ0) is 15.1. The molecule has 0 saturated carbocycles. The molecular formula is C15H23N3O2. The predicted molar refractivity (Wildman–Crippen MR) is 79.4 cm³/mol. The van der Waals surface area contributed by atoms with E-state index in [2.05, 4.69) is 47.1 Å². The molecule has 1 aromatic rings. The smallest absolute Gasteiger partial charge is 0.321 e. The van der Waals surface area contributed by atoms with Gasteiger partial charge in [0.15, 0.2) is 0 Å². The van der Waals surface area contributed by atoms with Gasteiger partial charge in [-0.25, -0.2) is 4.79 Å². The minimum atomic E-state index is -0.493. The van der Waals surface area contributed by atoms with E-state index >= 15 is 0 Å². The van der Waals surface area contributed by atoms with Gasteiger partial charge in [-0.2, -0.15) is 0 Å². The van der Waals surface area contributed by atoms with E-state index < -0.39 is 12.1 Å². The summed E-state index contributed by atoms with van der Waals surface area (Å²) in [6, 6.07) is 7.36. The first-order valence-electron chi connectivity index (χ1n) is 6.83. The Labute approximate surface area is 120 Å². The molecule has 0 aromatic heterocycles. The quantitative estimate of drug-likeness (QED) is 0.769. The number of imide groups is 1. The van der Waals surface area contributed by atoms with Gasteiger partial charge in [-0.05, 0) is 25.8 Å². The molecule has 1 aromatic carbocycles. The van der Waals surface area contributed by atoms with Crippen LogP contribution < -0.4 is 16.0 Å². The SMILES string of the molecule is CCC(NC(C)C(=O)NC(=O)NC)c1ccc(C)cc1. The Bertz CT molecular complexity index is 457. The molecule has 2 unspecified atom stereocenters. The monoisotopic (exact) mass is 277 g/mol. The minimum absolute atomic E-state index is 0.0843. The third-order valence-electron chi connectivity index (χ3n) is 3.20. The number of carbonyl (C=O) groups is 2. The lowest BCUT2D eigenvalue weighted by atomic mass is 10.0. The summed E-state index contributed by atoms with van der Waals surface area (Å²) in [5.41, 5.74) is 2.34. The van der Waals surface area contributed by atoms with Gasteiger partial charge in [0.05, 0.1) is 6.04 Å². The second-order valence-corrected chi connectivity index (χ2v) is 4.83. The van der Waals surface area contributed by atoms with Gasteiger partial charge < -0.3 is 5.32 Å². The molecule has 3 amide bonds. The molecule has 0 bridgehead atoms. The minimum Gasteiger partial charge on any atom is -0.341 e. The van der Waals surface area contributed by atoms with Crippen LogP contribution in [-0.2, 0) is 4.79 Å². The molecule has 0 saturated heterocycles. The highest BCUT2D eigenvalue weighted by Crippen LogP contribution is 2.17. The number of hydrogen-bond donors (Lipinski definition) is 3. The summed E-state index contributed by atoms with van der Waals surface area (Å²) in [7, 11) is 1.47. The van der Waals surface area contributed by atoms with Gasteiger partial charge >= 0.3 is 6.03 Å². The average Bonchev–Trinajstić information content (AvgIpc) is 2.45. The molecule has 0 aliphatic carbocycles. The van der Waals surface area contributed by atoms with E-state index in [4.69, 9.17) is 0 Å². The highest BCUT2D eigenvalue weighted by Gasteiger charge is 2.19. The number of carbonyl (C=O) groups excluding carboxylic acids is 2. The van der Waals surface area contributed by atoms with Crippen LogP contribution in [0.3, 0.4) is 0 Å². The van der Waals surface area contributed by atoms with Crippen LogP contribution in [0.5, 0.6) is 0 Å². The van der Waals surface area contributed by atoms with Crippen molar-refractivity contribution in [3.05, 3.63) is 35.4 Å². The van der Waals surface area contributed by atoms with Crippen LogP contribution in [0.25, 0.3) is 0 Å². The van der Waals surface area contributed by atoms with E-state index in [1.165, 1.54) is 12.6 Å². The first-order valence-corrected chi connectivity index (χ1v) is 6.83. The zero-order valence-corrected chi connectivity index (χ0v) is 12.5. The van der Waals surface area contributed by atoms with Crippen molar-refractivity contribution in [2.45, 2.75) is 39.3 Å². The van der Waals surface area contributed by atoms with Gasteiger partial charge in [-0.1, -0.05) is 36.8 Å². The van der Waals surface area contributed by atoms with Crippen molar-refractivity contribution >= 4 is 11.9 Å². The van der Waals surface area contributed by atoms with Crippen LogP contribution in [0, 0.1) is 6.92 Å². The molecule has 110 valence electrons. The van der Waals surface area contributed by atoms with Crippen molar-refractivity contribution in [1.82, 2.24) is 16.0 Å². The molecule has 0 radical (unpaired) electrons. The van der Waals surface area contributed by atoms with Crippen molar-refractivity contribution in [1.29, 1.82) is 0 Å². The summed E-state index contributed by atoms with van der Waals surface area (Å²) in [5, 5.41) is 7.86. The summed E-state index contributed by atoms with van der Waals surface area (Å²) in [5.74, 6) is -0.338. The van der Waals surface area contributed by atoms with Crippen molar-refractivity contribution in [3.63, 3.8) is 0 Å². The highest BCUT2D eigenvalue weighted by atomic mass is 16.2. The van der Waals surface area contributed by atoms with E-state index in [0.717, 1.165) is 12.0 Å². The number of rotatable bonds is 5. The Hall–Kier alpha value is -1.88. The van der Waals surface area contributed by atoms with Crippen molar-refractivity contribution in [3.8, 4) is 0 Å². The van der Waals surface area contributed by atoms with E-state index in [1.807, 2.05) is 6.92 Å². The van der Waals surface area contributed by atoms with Gasteiger partial charge in [0.25, 0.3) is 0 Å². The van der Waals surface area contributed by atoms with Gasteiger partial charge in [0, 0.05) is 13.1 Å². The van der Waals surface area contributed by atoms with E-state index in [1.54, 1.807) is 6.92 Å². The summed E-state index contributed by atoms with van der Waals surface area (Å²) in [6.45, 7) is 5.84. The fraction of sp³-hybridized carbons (Fsp3) is 0.467. The Morgan fingerprint density at radius 2 is 1.80 bits per heavy atom. The van der Waals surface area contributed by atoms with Gasteiger partial charge in [0.2, 0.25) is 5.91 Å². The molecule has 3 N–H and O–H groups in total. The highest BCUT2D eigenvalue weighted by molar-refractivity contribution is 5.96. The molecule has 20 heavy (non-hydrogen) atoms. The lowest BCUT2D eigenvalue weighted by Gasteiger charge is -2.22. The van der Waals surface area contributed by atoms with Crippen molar-refractivity contribution < 1.29 is 9.59 Å². The third-order valence-corrected chi connectivity index (χ3v) is 3.20. The lowest BCUT2D eigenvalue weighted by molar-refractivity contribution is -0.121. The third kappa shape index (κ3) is 4.66. The maximum atomic E-state index is 11.8. The number of benzene rings is 1. The molecular weight excluding hydrogens is 254 g/mol. The first kappa shape index (κ1) is 16.2. The Morgan fingerprint density at radius 3 is 2.30 bits per heavy atom. The van der Waals surface area contributed by atoms with E-state index in [-0.39, 0.29) is 11.9 Å². The molecule has 2 atom stereocenters. The van der Waals surface area contributed by atoms with Crippen molar-refractivity contribution in [2.75, 3.05) is 7.05 Å². The molecule has 5 heteroatoms. The summed E-state index contributed by atoms with van der Waals surface area (Å²) >= 11 is 0. The van der Waals surface area contributed by atoms with Crippen LogP contribution in [0.2, 0.25) is 0 Å². The van der Waals surface area contributed by atoms with Gasteiger partial charge in [-0.3, -0.25) is 15.4 Å². The zero-order valence-electron chi connectivity index (χ0n) is 12.5. The van der Waals surface area contributed by atoms with E-state index in [0.29, 0.717) is 0 Å². The molecule has 0 heterocycles. The molecule has 1 rings (SSSR count). The number of amides is 3. The molecule has 0 spiro atoms. The Morgan fingerprint density at radius 1 is 1.20 bits per heavy atom. The molecule has 0 aliphatic rings. The number of urea groups is 1. The molecule has 0 fully saturated rings. The topological polar surface area (TPSA) is 70.2 Å². The largest absolute Gasteiger partial charge is 0.341 e. The number of aryl methyl sites for hydroxylation is 1. The summed E-state index contributed by atoms with van der Waals surface area (Å²) in [4.78, 5) is 22.9. The van der Waals surface area contributed by atoms with Crippen LogP contribution in [0.1, 0.15) is 37.4 Å². The normalized spacial score (nSPS) is 13.4. The fourth-order valence-electron chi connectivity index (χ4n) is 1.91. The number of nitrogens with one attached hydrogen (secondary N) is 3. The second kappa shape index (κ2) is 7.65. The fourth-order valence-corrected chi connectivity index (χ4v) is 1.91. The summed E-state index contributed by atoms with van der Waals surface area (Å²) < 4.78 is 0. The maximum absolute atomic E-state index is 11.8. The Kier molecular flexibility index (Phi) is 6.18. The van der Waals surface area contributed by atoms with Crippen LogP contribution >= 0.6 is 0 Å². The van der Waals surface area contributed by atoms with E-state index in [9.17, 15) is 9.59 Å². The molecule has 5 nitrogen and oxygen atoms in total.